The van der Waals surface area contributed by atoms with E-state index in [1.807, 2.05) is 36.5 Å². The summed E-state index contributed by atoms with van der Waals surface area (Å²) in [6.45, 7) is 3.66. The fourth-order valence-corrected chi connectivity index (χ4v) is 2.71. The number of nitrogens with zero attached hydrogens (tertiary/aromatic N) is 4. The molecule has 3 rings (SSSR count). The molecule has 1 atom stereocenters. The maximum absolute atomic E-state index is 5.09. The lowest BCUT2D eigenvalue weighted by molar-refractivity contribution is 0.185. The SMILES string of the molecule is COc1ccc(CN(Cc2ccccc2)C(C)c2ccccn2)nn1. The van der Waals surface area contributed by atoms with Gasteiger partial charge in [0, 0.05) is 31.4 Å². The van der Waals surface area contributed by atoms with Crippen LogP contribution in [0.25, 0.3) is 0 Å². The number of benzene rings is 1. The highest BCUT2D eigenvalue weighted by Gasteiger charge is 2.18. The van der Waals surface area contributed by atoms with Gasteiger partial charge >= 0.3 is 0 Å². The monoisotopic (exact) mass is 334 g/mol. The topological polar surface area (TPSA) is 51.1 Å². The zero-order valence-electron chi connectivity index (χ0n) is 14.5. The van der Waals surface area contributed by atoms with Crippen LogP contribution in [0.1, 0.15) is 29.9 Å². The Bertz CT molecular complexity index is 763. The summed E-state index contributed by atoms with van der Waals surface area (Å²) in [5.74, 6) is 0.524. The number of rotatable bonds is 7. The zero-order chi connectivity index (χ0) is 17.5. The van der Waals surface area contributed by atoms with Gasteiger partial charge in [-0.2, -0.15) is 5.10 Å². The molecule has 3 aromatic rings. The fourth-order valence-electron chi connectivity index (χ4n) is 2.71. The van der Waals surface area contributed by atoms with Gasteiger partial charge in [-0.3, -0.25) is 9.88 Å². The van der Waals surface area contributed by atoms with Crippen LogP contribution in [0.4, 0.5) is 0 Å². The molecule has 5 heteroatoms. The van der Waals surface area contributed by atoms with Gasteiger partial charge < -0.3 is 4.74 Å². The Labute approximate surface area is 148 Å². The van der Waals surface area contributed by atoms with Gasteiger partial charge in [-0.05, 0) is 30.7 Å². The molecule has 0 spiro atoms. The zero-order valence-corrected chi connectivity index (χ0v) is 14.5. The van der Waals surface area contributed by atoms with E-state index in [2.05, 4.69) is 57.3 Å². The molecule has 25 heavy (non-hydrogen) atoms. The first kappa shape index (κ1) is 17.0. The Kier molecular flexibility index (Phi) is 5.69. The van der Waals surface area contributed by atoms with Crippen LogP contribution >= 0.6 is 0 Å². The van der Waals surface area contributed by atoms with E-state index in [9.17, 15) is 0 Å². The molecule has 2 heterocycles. The highest BCUT2D eigenvalue weighted by molar-refractivity contribution is 5.17. The maximum Gasteiger partial charge on any atom is 0.233 e. The second kappa shape index (κ2) is 8.35. The molecule has 5 nitrogen and oxygen atoms in total. The Balaban J connectivity index is 1.82. The predicted octanol–water partition coefficient (Wildman–Crippen LogP) is 3.64. The summed E-state index contributed by atoms with van der Waals surface area (Å²) in [5, 5.41) is 8.34. The lowest BCUT2D eigenvalue weighted by Crippen LogP contribution is -2.27. The van der Waals surface area contributed by atoms with Crippen molar-refractivity contribution in [2.45, 2.75) is 26.1 Å². The van der Waals surface area contributed by atoms with Crippen LogP contribution < -0.4 is 4.74 Å². The van der Waals surface area contributed by atoms with Crippen molar-refractivity contribution in [1.82, 2.24) is 20.1 Å². The molecule has 1 aromatic carbocycles. The first-order chi connectivity index (χ1) is 12.3. The summed E-state index contributed by atoms with van der Waals surface area (Å²) in [7, 11) is 1.59. The van der Waals surface area contributed by atoms with Crippen molar-refractivity contribution in [3.63, 3.8) is 0 Å². The van der Waals surface area contributed by atoms with Crippen molar-refractivity contribution >= 4 is 0 Å². The molecule has 0 radical (unpaired) electrons. The van der Waals surface area contributed by atoms with E-state index in [4.69, 9.17) is 4.74 Å². The van der Waals surface area contributed by atoms with Gasteiger partial charge in [-0.1, -0.05) is 36.4 Å². The van der Waals surface area contributed by atoms with Crippen LogP contribution in [0.5, 0.6) is 5.88 Å². The summed E-state index contributed by atoms with van der Waals surface area (Å²) >= 11 is 0. The van der Waals surface area contributed by atoms with Gasteiger partial charge in [0.05, 0.1) is 18.5 Å². The van der Waals surface area contributed by atoms with E-state index < -0.39 is 0 Å². The van der Waals surface area contributed by atoms with Gasteiger partial charge in [0.1, 0.15) is 0 Å². The average molecular weight is 334 g/mol. The molecule has 128 valence electrons. The molecule has 0 fully saturated rings. The average Bonchev–Trinajstić information content (AvgIpc) is 2.69. The minimum atomic E-state index is 0.158. The second-order valence-electron chi connectivity index (χ2n) is 5.89. The van der Waals surface area contributed by atoms with E-state index in [1.54, 1.807) is 7.11 Å². The molecule has 0 bridgehead atoms. The van der Waals surface area contributed by atoms with Gasteiger partial charge in [0.2, 0.25) is 5.88 Å². The van der Waals surface area contributed by atoms with Crippen LogP contribution in [-0.4, -0.2) is 27.2 Å². The number of hydrogen-bond donors (Lipinski definition) is 0. The molecule has 0 saturated heterocycles. The Hall–Kier alpha value is -2.79. The van der Waals surface area contributed by atoms with Crippen LogP contribution in [0.15, 0.2) is 66.9 Å². The van der Waals surface area contributed by atoms with E-state index in [1.165, 1.54) is 5.56 Å². The second-order valence-corrected chi connectivity index (χ2v) is 5.89. The Morgan fingerprint density at radius 3 is 2.36 bits per heavy atom. The first-order valence-corrected chi connectivity index (χ1v) is 8.32. The molecule has 0 saturated carbocycles. The standard InChI is InChI=1S/C20H22N4O/c1-16(19-10-6-7-13-21-19)24(14-17-8-4-3-5-9-17)15-18-11-12-20(25-2)23-22-18/h3-13,16H,14-15H2,1-2H3. The highest BCUT2D eigenvalue weighted by Crippen LogP contribution is 2.22. The first-order valence-electron chi connectivity index (χ1n) is 8.32. The van der Waals surface area contributed by atoms with Gasteiger partial charge in [0.15, 0.2) is 0 Å². The van der Waals surface area contributed by atoms with Crippen molar-refractivity contribution in [1.29, 1.82) is 0 Å². The lowest BCUT2D eigenvalue weighted by Gasteiger charge is -2.28. The highest BCUT2D eigenvalue weighted by atomic mass is 16.5. The number of hydrogen-bond acceptors (Lipinski definition) is 5. The van der Waals surface area contributed by atoms with E-state index >= 15 is 0 Å². The third-order valence-electron chi connectivity index (χ3n) is 4.16. The summed E-state index contributed by atoms with van der Waals surface area (Å²) in [4.78, 5) is 6.85. The maximum atomic E-state index is 5.09. The van der Waals surface area contributed by atoms with Crippen LogP contribution in [0, 0.1) is 0 Å². The molecule has 2 aromatic heterocycles. The number of pyridine rings is 1. The summed E-state index contributed by atoms with van der Waals surface area (Å²) in [5.41, 5.74) is 3.20. The molecule has 1 unspecified atom stereocenters. The minimum Gasteiger partial charge on any atom is -0.480 e. The summed E-state index contributed by atoms with van der Waals surface area (Å²) in [6.07, 6.45) is 1.83. The number of ether oxygens (including phenoxy) is 1. The van der Waals surface area contributed by atoms with Crippen molar-refractivity contribution in [2.24, 2.45) is 0 Å². The largest absolute Gasteiger partial charge is 0.480 e. The third kappa shape index (κ3) is 4.61. The lowest BCUT2D eigenvalue weighted by atomic mass is 10.1. The number of aromatic nitrogens is 3. The van der Waals surface area contributed by atoms with Crippen molar-refractivity contribution in [2.75, 3.05) is 7.11 Å². The molecular formula is C20H22N4O. The molecule has 0 aliphatic heterocycles. The summed E-state index contributed by atoms with van der Waals surface area (Å²) < 4.78 is 5.09. The molecule has 0 amide bonds. The van der Waals surface area contributed by atoms with E-state index in [0.717, 1.165) is 17.9 Å². The quantitative estimate of drug-likeness (QED) is 0.660. The van der Waals surface area contributed by atoms with Crippen molar-refractivity contribution in [3.8, 4) is 5.88 Å². The van der Waals surface area contributed by atoms with Crippen molar-refractivity contribution < 1.29 is 4.74 Å². The van der Waals surface area contributed by atoms with Gasteiger partial charge in [-0.25, -0.2) is 0 Å². The minimum absolute atomic E-state index is 0.158. The Morgan fingerprint density at radius 1 is 0.920 bits per heavy atom. The molecular weight excluding hydrogens is 312 g/mol. The molecule has 0 aliphatic rings. The van der Waals surface area contributed by atoms with E-state index in [0.29, 0.717) is 12.4 Å². The normalized spacial score (nSPS) is 12.1. The fraction of sp³-hybridized carbons (Fsp3) is 0.250. The van der Waals surface area contributed by atoms with E-state index in [-0.39, 0.29) is 6.04 Å². The molecule has 0 aliphatic carbocycles. The van der Waals surface area contributed by atoms with Crippen LogP contribution in [0.3, 0.4) is 0 Å². The Morgan fingerprint density at radius 2 is 1.72 bits per heavy atom. The summed E-state index contributed by atoms with van der Waals surface area (Å²) in [6, 6.07) is 20.4. The third-order valence-corrected chi connectivity index (χ3v) is 4.16. The van der Waals surface area contributed by atoms with Gasteiger partial charge in [0.25, 0.3) is 0 Å². The smallest absolute Gasteiger partial charge is 0.233 e. The van der Waals surface area contributed by atoms with Crippen molar-refractivity contribution in [3.05, 3.63) is 83.8 Å². The van der Waals surface area contributed by atoms with Gasteiger partial charge in [-0.15, -0.1) is 5.10 Å². The van der Waals surface area contributed by atoms with Crippen LogP contribution in [-0.2, 0) is 13.1 Å². The van der Waals surface area contributed by atoms with Crippen LogP contribution in [0.2, 0.25) is 0 Å². The predicted molar refractivity (Wildman–Crippen MR) is 96.9 cm³/mol. The molecule has 0 N–H and O–H groups in total. The number of methoxy groups -OCH3 is 1.